The molecule has 5 nitrogen and oxygen atoms in total. The first-order valence-electron chi connectivity index (χ1n) is 7.65. The van der Waals surface area contributed by atoms with Crippen LogP contribution in [-0.4, -0.2) is 10.7 Å². The molecule has 0 unspecified atom stereocenters. The predicted octanol–water partition coefficient (Wildman–Crippen LogP) is 4.82. The third-order valence-corrected chi connectivity index (χ3v) is 3.50. The molecule has 0 N–H and O–H groups in total. The van der Waals surface area contributed by atoms with Crippen molar-refractivity contribution in [3.05, 3.63) is 69.5 Å². The molecular formula is C18H19NO4. The number of hydrogen-bond donors (Lipinski definition) is 0. The first-order valence-corrected chi connectivity index (χ1v) is 7.65. The van der Waals surface area contributed by atoms with E-state index in [4.69, 9.17) is 4.42 Å². The molecule has 0 fully saturated rings. The molecule has 0 aliphatic carbocycles. The SMILES string of the molecule is CCCCCc1ccc(C(=O)/C=C/c2ccc([N+](=O)[O-])o2)cc1. The third-order valence-electron chi connectivity index (χ3n) is 3.50. The second-order valence-electron chi connectivity index (χ2n) is 5.28. The summed E-state index contributed by atoms with van der Waals surface area (Å²) in [5.74, 6) is -0.223. The Bertz CT molecular complexity index is 698. The number of furan rings is 1. The number of carbonyl (C=O) groups is 1. The molecule has 120 valence electrons. The van der Waals surface area contributed by atoms with E-state index < -0.39 is 4.92 Å². The maximum atomic E-state index is 12.1. The molecule has 0 amide bonds. The highest BCUT2D eigenvalue weighted by atomic mass is 16.6. The molecule has 0 saturated heterocycles. The lowest BCUT2D eigenvalue weighted by molar-refractivity contribution is -0.402. The van der Waals surface area contributed by atoms with Crippen LogP contribution in [-0.2, 0) is 6.42 Å². The average molecular weight is 313 g/mol. The van der Waals surface area contributed by atoms with Crippen molar-refractivity contribution in [2.24, 2.45) is 0 Å². The second kappa shape index (κ2) is 8.08. The Labute approximate surface area is 134 Å². The number of unbranched alkanes of at least 4 members (excludes halogenated alkanes) is 2. The number of ketones is 1. The summed E-state index contributed by atoms with van der Waals surface area (Å²) in [4.78, 5) is 22.0. The summed E-state index contributed by atoms with van der Waals surface area (Å²) in [7, 11) is 0. The highest BCUT2D eigenvalue weighted by molar-refractivity contribution is 6.06. The molecule has 0 aliphatic rings. The van der Waals surface area contributed by atoms with Crippen molar-refractivity contribution in [1.29, 1.82) is 0 Å². The van der Waals surface area contributed by atoms with Crippen molar-refractivity contribution in [3.63, 3.8) is 0 Å². The molecular weight excluding hydrogens is 294 g/mol. The number of aryl methyl sites for hydroxylation is 1. The minimum absolute atomic E-state index is 0.163. The van der Waals surface area contributed by atoms with Crippen molar-refractivity contribution >= 4 is 17.7 Å². The van der Waals surface area contributed by atoms with Crippen LogP contribution in [0.2, 0.25) is 0 Å². The Hall–Kier alpha value is -2.69. The molecule has 1 heterocycles. The van der Waals surface area contributed by atoms with Gasteiger partial charge in [-0.3, -0.25) is 14.9 Å². The summed E-state index contributed by atoms with van der Waals surface area (Å²) in [6, 6.07) is 10.3. The number of benzene rings is 1. The molecule has 1 aromatic heterocycles. The zero-order valence-corrected chi connectivity index (χ0v) is 13.0. The fourth-order valence-electron chi connectivity index (χ4n) is 2.20. The minimum Gasteiger partial charge on any atom is -0.401 e. The van der Waals surface area contributed by atoms with Crippen molar-refractivity contribution < 1.29 is 14.1 Å². The Balaban J connectivity index is 1.96. The largest absolute Gasteiger partial charge is 0.433 e. The fraction of sp³-hybridized carbons (Fsp3) is 0.278. The Morgan fingerprint density at radius 3 is 2.52 bits per heavy atom. The molecule has 0 atom stereocenters. The first kappa shape index (κ1) is 16.7. The van der Waals surface area contributed by atoms with Crippen LogP contribution in [0.4, 0.5) is 5.88 Å². The molecule has 0 bridgehead atoms. The maximum Gasteiger partial charge on any atom is 0.433 e. The summed E-state index contributed by atoms with van der Waals surface area (Å²) in [6.45, 7) is 2.17. The Morgan fingerprint density at radius 1 is 1.17 bits per heavy atom. The van der Waals surface area contributed by atoms with Crippen molar-refractivity contribution in [2.75, 3.05) is 0 Å². The standard InChI is InChI=1S/C18H19NO4/c1-2-3-4-5-14-6-8-15(9-7-14)17(20)12-10-16-11-13-18(23-16)19(21)22/h6-13H,2-5H2,1H3/b12-10+. The van der Waals surface area contributed by atoms with E-state index in [9.17, 15) is 14.9 Å². The predicted molar refractivity (Wildman–Crippen MR) is 88.4 cm³/mol. The minimum atomic E-state index is -0.615. The van der Waals surface area contributed by atoms with Gasteiger partial charge in [0, 0.05) is 5.56 Å². The van der Waals surface area contributed by atoms with Gasteiger partial charge < -0.3 is 4.42 Å². The molecule has 0 spiro atoms. The van der Waals surface area contributed by atoms with Gasteiger partial charge in [-0.15, -0.1) is 0 Å². The number of carbonyl (C=O) groups excluding carboxylic acids is 1. The number of nitro groups is 1. The van der Waals surface area contributed by atoms with E-state index in [0.29, 0.717) is 5.56 Å². The molecule has 2 rings (SSSR count). The number of allylic oxidation sites excluding steroid dienone is 1. The van der Waals surface area contributed by atoms with Gasteiger partial charge in [-0.1, -0.05) is 44.0 Å². The number of hydrogen-bond acceptors (Lipinski definition) is 4. The molecule has 23 heavy (non-hydrogen) atoms. The zero-order chi connectivity index (χ0) is 16.7. The van der Waals surface area contributed by atoms with Crippen LogP contribution in [0.5, 0.6) is 0 Å². The van der Waals surface area contributed by atoms with Gasteiger partial charge in [-0.25, -0.2) is 0 Å². The van der Waals surface area contributed by atoms with E-state index in [-0.39, 0.29) is 17.4 Å². The van der Waals surface area contributed by atoms with Gasteiger partial charge in [0.1, 0.15) is 10.7 Å². The summed E-state index contributed by atoms with van der Waals surface area (Å²) in [5, 5.41) is 10.5. The van der Waals surface area contributed by atoms with Gasteiger partial charge in [-0.05, 0) is 36.6 Å². The van der Waals surface area contributed by atoms with Crippen LogP contribution >= 0.6 is 0 Å². The maximum absolute atomic E-state index is 12.1. The van der Waals surface area contributed by atoms with E-state index in [1.807, 2.05) is 12.1 Å². The summed E-state index contributed by atoms with van der Waals surface area (Å²) in [5.41, 5.74) is 1.81. The normalized spacial score (nSPS) is 11.0. The summed E-state index contributed by atoms with van der Waals surface area (Å²) in [6.07, 6.45) is 7.36. The van der Waals surface area contributed by atoms with E-state index in [0.717, 1.165) is 12.8 Å². The van der Waals surface area contributed by atoms with Crippen molar-refractivity contribution in [3.8, 4) is 0 Å². The molecule has 2 aromatic rings. The smallest absolute Gasteiger partial charge is 0.401 e. The van der Waals surface area contributed by atoms with E-state index in [1.165, 1.54) is 42.7 Å². The van der Waals surface area contributed by atoms with E-state index in [1.54, 1.807) is 12.1 Å². The van der Waals surface area contributed by atoms with Crippen LogP contribution in [0.3, 0.4) is 0 Å². The molecule has 0 aliphatic heterocycles. The van der Waals surface area contributed by atoms with Crippen LogP contribution in [0.15, 0.2) is 46.9 Å². The van der Waals surface area contributed by atoms with Gasteiger partial charge >= 0.3 is 5.88 Å². The van der Waals surface area contributed by atoms with Crippen molar-refractivity contribution in [2.45, 2.75) is 32.6 Å². The topological polar surface area (TPSA) is 73.3 Å². The molecule has 0 saturated carbocycles. The number of nitrogens with zero attached hydrogens (tertiary/aromatic N) is 1. The van der Waals surface area contributed by atoms with Gasteiger partial charge in [-0.2, -0.15) is 0 Å². The Morgan fingerprint density at radius 2 is 1.91 bits per heavy atom. The summed E-state index contributed by atoms with van der Waals surface area (Å²) >= 11 is 0. The summed E-state index contributed by atoms with van der Waals surface area (Å²) < 4.78 is 4.97. The lowest BCUT2D eigenvalue weighted by Gasteiger charge is -2.01. The van der Waals surface area contributed by atoms with E-state index >= 15 is 0 Å². The second-order valence-corrected chi connectivity index (χ2v) is 5.28. The van der Waals surface area contributed by atoms with Crippen LogP contribution in [0.25, 0.3) is 6.08 Å². The highest BCUT2D eigenvalue weighted by Gasteiger charge is 2.10. The van der Waals surface area contributed by atoms with Crippen LogP contribution < -0.4 is 0 Å². The van der Waals surface area contributed by atoms with Crippen molar-refractivity contribution in [1.82, 2.24) is 0 Å². The Kier molecular flexibility index (Phi) is 5.86. The fourth-order valence-corrected chi connectivity index (χ4v) is 2.20. The zero-order valence-electron chi connectivity index (χ0n) is 13.0. The number of rotatable bonds is 8. The van der Waals surface area contributed by atoms with Gasteiger partial charge in [0.15, 0.2) is 5.78 Å². The van der Waals surface area contributed by atoms with Gasteiger partial charge in [0.2, 0.25) is 0 Å². The molecule has 0 radical (unpaired) electrons. The van der Waals surface area contributed by atoms with Crippen LogP contribution in [0, 0.1) is 10.1 Å². The molecule has 1 aromatic carbocycles. The van der Waals surface area contributed by atoms with Gasteiger partial charge in [0.05, 0.1) is 6.07 Å². The van der Waals surface area contributed by atoms with E-state index in [2.05, 4.69) is 6.92 Å². The average Bonchev–Trinajstić information content (AvgIpc) is 3.03. The van der Waals surface area contributed by atoms with Gasteiger partial charge in [0.25, 0.3) is 0 Å². The lowest BCUT2D eigenvalue weighted by Crippen LogP contribution is -1.95. The van der Waals surface area contributed by atoms with Crippen LogP contribution in [0.1, 0.15) is 47.9 Å². The lowest BCUT2D eigenvalue weighted by atomic mass is 10.0. The monoisotopic (exact) mass is 313 g/mol. The third kappa shape index (κ3) is 4.92. The first-order chi connectivity index (χ1) is 11.1. The quantitative estimate of drug-likeness (QED) is 0.230. The highest BCUT2D eigenvalue weighted by Crippen LogP contribution is 2.17. The molecule has 5 heteroatoms.